The lowest BCUT2D eigenvalue weighted by atomic mass is 10.1. The molecule has 0 spiro atoms. The second-order valence-corrected chi connectivity index (χ2v) is 9.75. The van der Waals surface area contributed by atoms with Crippen molar-refractivity contribution in [2.75, 3.05) is 18.0 Å². The predicted octanol–water partition coefficient (Wildman–Crippen LogP) is 4.12. The van der Waals surface area contributed by atoms with Crippen LogP contribution in [-0.4, -0.2) is 31.7 Å². The number of hydrogen-bond donors (Lipinski definition) is 0. The van der Waals surface area contributed by atoms with Gasteiger partial charge in [-0.2, -0.15) is 5.26 Å². The van der Waals surface area contributed by atoms with Crippen LogP contribution in [0.25, 0.3) is 11.3 Å². The SMILES string of the molecule is N#Cc1ccccc1S(=O)(=O)C1CCN(c2nc(-c3ccccc3)cs2)CC1. The van der Waals surface area contributed by atoms with E-state index in [0.717, 1.165) is 16.4 Å². The summed E-state index contributed by atoms with van der Waals surface area (Å²) in [5, 5.41) is 11.7. The van der Waals surface area contributed by atoms with Crippen LogP contribution >= 0.6 is 11.3 Å². The molecule has 142 valence electrons. The zero-order valence-corrected chi connectivity index (χ0v) is 16.8. The minimum absolute atomic E-state index is 0.150. The molecule has 1 aromatic heterocycles. The summed E-state index contributed by atoms with van der Waals surface area (Å²) in [6.07, 6.45) is 1.06. The predicted molar refractivity (Wildman–Crippen MR) is 111 cm³/mol. The maximum absolute atomic E-state index is 13.0. The van der Waals surface area contributed by atoms with Crippen molar-refractivity contribution in [2.45, 2.75) is 23.0 Å². The van der Waals surface area contributed by atoms with E-state index in [0.29, 0.717) is 25.9 Å². The molecule has 1 saturated heterocycles. The maximum Gasteiger partial charge on any atom is 0.185 e. The monoisotopic (exact) mass is 409 g/mol. The highest BCUT2D eigenvalue weighted by Gasteiger charge is 2.33. The van der Waals surface area contributed by atoms with Crippen LogP contribution in [0.4, 0.5) is 5.13 Å². The third kappa shape index (κ3) is 3.53. The topological polar surface area (TPSA) is 74.1 Å². The first kappa shape index (κ1) is 18.7. The lowest BCUT2D eigenvalue weighted by Crippen LogP contribution is -2.39. The Morgan fingerprint density at radius 2 is 1.71 bits per heavy atom. The first-order valence-electron chi connectivity index (χ1n) is 9.08. The van der Waals surface area contributed by atoms with Crippen molar-refractivity contribution in [2.24, 2.45) is 0 Å². The van der Waals surface area contributed by atoms with E-state index in [1.807, 2.05) is 41.8 Å². The van der Waals surface area contributed by atoms with Gasteiger partial charge in [0, 0.05) is 24.0 Å². The molecule has 28 heavy (non-hydrogen) atoms. The first-order valence-corrected chi connectivity index (χ1v) is 11.5. The van der Waals surface area contributed by atoms with Crippen molar-refractivity contribution in [1.82, 2.24) is 4.98 Å². The Bertz CT molecular complexity index is 1110. The number of nitriles is 1. The Kier molecular flexibility index (Phi) is 5.16. The number of nitrogens with zero attached hydrogens (tertiary/aromatic N) is 3. The number of aromatic nitrogens is 1. The Hall–Kier alpha value is -2.69. The zero-order chi connectivity index (χ0) is 19.6. The van der Waals surface area contributed by atoms with Crippen molar-refractivity contribution < 1.29 is 8.42 Å². The molecule has 0 amide bonds. The zero-order valence-electron chi connectivity index (χ0n) is 15.2. The molecular weight excluding hydrogens is 390 g/mol. The highest BCUT2D eigenvalue weighted by Crippen LogP contribution is 2.32. The normalized spacial score (nSPS) is 15.3. The summed E-state index contributed by atoms with van der Waals surface area (Å²) in [7, 11) is -3.51. The van der Waals surface area contributed by atoms with Crippen LogP contribution < -0.4 is 4.90 Å². The van der Waals surface area contributed by atoms with Crippen molar-refractivity contribution >= 4 is 26.3 Å². The number of benzene rings is 2. The molecule has 2 aromatic carbocycles. The molecule has 1 aliphatic rings. The summed E-state index contributed by atoms with van der Waals surface area (Å²) in [5.74, 6) is 0. The number of thiazole rings is 1. The third-order valence-electron chi connectivity index (χ3n) is 5.03. The van der Waals surface area contributed by atoms with Crippen LogP contribution in [0.1, 0.15) is 18.4 Å². The van der Waals surface area contributed by atoms with Gasteiger partial charge < -0.3 is 4.90 Å². The van der Waals surface area contributed by atoms with Crippen LogP contribution in [0.2, 0.25) is 0 Å². The van der Waals surface area contributed by atoms with Crippen molar-refractivity contribution in [3.8, 4) is 17.3 Å². The molecule has 0 bridgehead atoms. The van der Waals surface area contributed by atoms with E-state index in [4.69, 9.17) is 4.98 Å². The van der Waals surface area contributed by atoms with E-state index < -0.39 is 15.1 Å². The average Bonchev–Trinajstić information content (AvgIpc) is 3.25. The molecule has 0 radical (unpaired) electrons. The third-order valence-corrected chi connectivity index (χ3v) is 8.25. The maximum atomic E-state index is 13.0. The quantitative estimate of drug-likeness (QED) is 0.648. The number of piperidine rings is 1. The molecule has 1 aliphatic heterocycles. The van der Waals surface area contributed by atoms with E-state index >= 15 is 0 Å². The van der Waals surface area contributed by atoms with Gasteiger partial charge in [-0.1, -0.05) is 42.5 Å². The average molecular weight is 410 g/mol. The van der Waals surface area contributed by atoms with Crippen LogP contribution in [0, 0.1) is 11.3 Å². The highest BCUT2D eigenvalue weighted by molar-refractivity contribution is 7.92. The van der Waals surface area contributed by atoms with E-state index in [1.54, 1.807) is 29.5 Å². The molecule has 0 aliphatic carbocycles. The molecule has 0 N–H and O–H groups in total. The van der Waals surface area contributed by atoms with Gasteiger partial charge in [0.2, 0.25) is 0 Å². The minimum atomic E-state index is -3.51. The molecule has 5 nitrogen and oxygen atoms in total. The number of rotatable bonds is 4. The smallest absolute Gasteiger partial charge is 0.185 e. The summed E-state index contributed by atoms with van der Waals surface area (Å²) in [6, 6.07) is 18.5. The minimum Gasteiger partial charge on any atom is -0.348 e. The van der Waals surface area contributed by atoms with Gasteiger partial charge in [0.05, 0.1) is 21.4 Å². The van der Waals surface area contributed by atoms with Crippen LogP contribution in [-0.2, 0) is 9.84 Å². The molecule has 0 saturated carbocycles. The van der Waals surface area contributed by atoms with Gasteiger partial charge in [-0.05, 0) is 25.0 Å². The number of anilines is 1. The molecule has 1 fully saturated rings. The fraction of sp³-hybridized carbons (Fsp3) is 0.238. The van der Waals surface area contributed by atoms with Crippen LogP contribution in [0.15, 0.2) is 64.9 Å². The molecule has 3 aromatic rings. The molecule has 4 rings (SSSR count). The largest absolute Gasteiger partial charge is 0.348 e. The fourth-order valence-electron chi connectivity index (χ4n) is 3.50. The van der Waals surface area contributed by atoms with Crippen molar-refractivity contribution in [1.29, 1.82) is 5.26 Å². The van der Waals surface area contributed by atoms with E-state index in [1.165, 1.54) is 6.07 Å². The standard InChI is InChI=1S/C21H19N3O2S2/c22-14-17-8-4-5-9-20(17)28(25,26)18-10-12-24(13-11-18)21-23-19(15-27-21)16-6-2-1-3-7-16/h1-9,15,18H,10-13H2. The van der Waals surface area contributed by atoms with E-state index in [-0.39, 0.29) is 10.5 Å². The highest BCUT2D eigenvalue weighted by atomic mass is 32.2. The second-order valence-electron chi connectivity index (χ2n) is 6.72. The van der Waals surface area contributed by atoms with Crippen LogP contribution in [0.5, 0.6) is 0 Å². The molecule has 2 heterocycles. The molecule has 0 atom stereocenters. The van der Waals surface area contributed by atoms with Gasteiger partial charge in [-0.3, -0.25) is 0 Å². The summed E-state index contributed by atoms with van der Waals surface area (Å²) in [6.45, 7) is 1.28. The van der Waals surface area contributed by atoms with Gasteiger partial charge in [0.25, 0.3) is 0 Å². The summed E-state index contributed by atoms with van der Waals surface area (Å²) < 4.78 is 26.0. The fourth-order valence-corrected chi connectivity index (χ4v) is 6.26. The molecule has 0 unspecified atom stereocenters. The van der Waals surface area contributed by atoms with E-state index in [2.05, 4.69) is 4.90 Å². The summed E-state index contributed by atoms with van der Waals surface area (Å²) in [5.41, 5.74) is 2.24. The van der Waals surface area contributed by atoms with Gasteiger partial charge in [-0.25, -0.2) is 13.4 Å². The Morgan fingerprint density at radius 1 is 1.04 bits per heavy atom. The van der Waals surface area contributed by atoms with Crippen LogP contribution in [0.3, 0.4) is 0 Å². The Balaban J connectivity index is 1.48. The number of sulfone groups is 1. The van der Waals surface area contributed by atoms with Gasteiger partial charge >= 0.3 is 0 Å². The number of hydrogen-bond acceptors (Lipinski definition) is 6. The lowest BCUT2D eigenvalue weighted by Gasteiger charge is -2.31. The van der Waals surface area contributed by atoms with Crippen molar-refractivity contribution in [3.05, 3.63) is 65.5 Å². The second kappa shape index (κ2) is 7.74. The first-order chi connectivity index (χ1) is 13.6. The van der Waals surface area contributed by atoms with E-state index in [9.17, 15) is 13.7 Å². The van der Waals surface area contributed by atoms with Gasteiger partial charge in [0.15, 0.2) is 15.0 Å². The Labute approximate surface area is 168 Å². The molecular formula is C21H19N3O2S2. The van der Waals surface area contributed by atoms with Gasteiger partial charge in [-0.15, -0.1) is 11.3 Å². The lowest BCUT2D eigenvalue weighted by molar-refractivity contribution is 0.529. The van der Waals surface area contributed by atoms with Gasteiger partial charge in [0.1, 0.15) is 6.07 Å². The molecule has 7 heteroatoms. The van der Waals surface area contributed by atoms with Crippen molar-refractivity contribution in [3.63, 3.8) is 0 Å². The Morgan fingerprint density at radius 3 is 2.43 bits per heavy atom. The summed E-state index contributed by atoms with van der Waals surface area (Å²) >= 11 is 1.58. The summed E-state index contributed by atoms with van der Waals surface area (Å²) in [4.78, 5) is 7.03.